The van der Waals surface area contributed by atoms with Crippen LogP contribution in [0, 0.1) is 0 Å². The fourth-order valence-electron chi connectivity index (χ4n) is 1.72. The Morgan fingerprint density at radius 3 is 2.19 bits per heavy atom. The minimum absolute atomic E-state index is 0.562. The Hall–Kier alpha value is -1.27. The quantitative estimate of drug-likeness (QED) is 0.671. The van der Waals surface area contributed by atoms with Crippen molar-refractivity contribution in [1.29, 1.82) is 0 Å². The van der Waals surface area contributed by atoms with Crippen molar-refractivity contribution < 1.29 is 0 Å². The van der Waals surface area contributed by atoms with Gasteiger partial charge in [0, 0.05) is 5.02 Å². The van der Waals surface area contributed by atoms with Crippen LogP contribution in [-0.2, 0) is 0 Å². The summed E-state index contributed by atoms with van der Waals surface area (Å²) in [5.41, 5.74) is 3.84. The van der Waals surface area contributed by atoms with Crippen LogP contribution in [0.2, 0.25) is 5.02 Å². The van der Waals surface area contributed by atoms with Crippen molar-refractivity contribution in [3.8, 4) is 11.1 Å². The SMILES string of the molecule is CC(C)c1cccc(-c2ccc(Cl)cc2)c1. The van der Waals surface area contributed by atoms with Crippen LogP contribution in [0.3, 0.4) is 0 Å². The van der Waals surface area contributed by atoms with E-state index in [4.69, 9.17) is 11.6 Å². The van der Waals surface area contributed by atoms with Gasteiger partial charge in [-0.3, -0.25) is 0 Å². The van der Waals surface area contributed by atoms with Gasteiger partial charge >= 0.3 is 0 Å². The van der Waals surface area contributed by atoms with Crippen molar-refractivity contribution in [1.82, 2.24) is 0 Å². The Bertz CT molecular complexity index is 469. The molecule has 0 aromatic heterocycles. The highest BCUT2D eigenvalue weighted by molar-refractivity contribution is 6.30. The number of hydrogen-bond donors (Lipinski definition) is 0. The monoisotopic (exact) mass is 230 g/mol. The van der Waals surface area contributed by atoms with Crippen LogP contribution in [0.5, 0.6) is 0 Å². The molecule has 0 atom stereocenters. The molecule has 0 unspecified atom stereocenters. The molecule has 2 aromatic carbocycles. The molecule has 82 valence electrons. The highest BCUT2D eigenvalue weighted by atomic mass is 35.5. The zero-order valence-corrected chi connectivity index (χ0v) is 10.3. The first kappa shape index (κ1) is 11.2. The Balaban J connectivity index is 2.40. The zero-order valence-electron chi connectivity index (χ0n) is 9.57. The Labute approximate surface area is 102 Å². The molecule has 0 aliphatic rings. The van der Waals surface area contributed by atoms with E-state index < -0.39 is 0 Å². The van der Waals surface area contributed by atoms with E-state index in [1.54, 1.807) is 0 Å². The molecule has 0 amide bonds. The summed E-state index contributed by atoms with van der Waals surface area (Å²) < 4.78 is 0. The van der Waals surface area contributed by atoms with Gasteiger partial charge in [-0.05, 0) is 34.7 Å². The minimum atomic E-state index is 0.562. The number of rotatable bonds is 2. The maximum atomic E-state index is 5.88. The fourth-order valence-corrected chi connectivity index (χ4v) is 1.85. The molecule has 16 heavy (non-hydrogen) atoms. The van der Waals surface area contributed by atoms with Gasteiger partial charge in [-0.2, -0.15) is 0 Å². The van der Waals surface area contributed by atoms with Crippen molar-refractivity contribution >= 4 is 11.6 Å². The molecule has 0 saturated carbocycles. The standard InChI is InChI=1S/C15H15Cl/c1-11(2)13-4-3-5-14(10-13)12-6-8-15(16)9-7-12/h3-11H,1-2H3. The Kier molecular flexibility index (Phi) is 3.31. The molecule has 0 bridgehead atoms. The van der Waals surface area contributed by atoms with Crippen LogP contribution in [-0.4, -0.2) is 0 Å². The molecule has 0 radical (unpaired) electrons. The summed E-state index contributed by atoms with van der Waals surface area (Å²) in [6.07, 6.45) is 0. The van der Waals surface area contributed by atoms with Crippen LogP contribution < -0.4 is 0 Å². The van der Waals surface area contributed by atoms with Gasteiger partial charge in [0.25, 0.3) is 0 Å². The molecule has 2 aromatic rings. The smallest absolute Gasteiger partial charge is 0.0406 e. The fraction of sp³-hybridized carbons (Fsp3) is 0.200. The summed E-state index contributed by atoms with van der Waals surface area (Å²) in [7, 11) is 0. The van der Waals surface area contributed by atoms with Crippen LogP contribution in [0.25, 0.3) is 11.1 Å². The minimum Gasteiger partial charge on any atom is -0.0843 e. The van der Waals surface area contributed by atoms with Gasteiger partial charge in [0.05, 0.1) is 0 Å². The summed E-state index contributed by atoms with van der Waals surface area (Å²) in [4.78, 5) is 0. The maximum absolute atomic E-state index is 5.88. The van der Waals surface area contributed by atoms with Crippen LogP contribution in [0.1, 0.15) is 25.3 Å². The second kappa shape index (κ2) is 4.71. The van der Waals surface area contributed by atoms with Gasteiger partial charge in [-0.1, -0.05) is 61.8 Å². The average molecular weight is 231 g/mol. The first-order valence-corrected chi connectivity index (χ1v) is 5.90. The molecular formula is C15H15Cl. The highest BCUT2D eigenvalue weighted by Crippen LogP contribution is 2.25. The predicted molar refractivity (Wildman–Crippen MR) is 71.0 cm³/mol. The van der Waals surface area contributed by atoms with E-state index in [2.05, 4.69) is 50.2 Å². The van der Waals surface area contributed by atoms with Crippen molar-refractivity contribution in [2.45, 2.75) is 19.8 Å². The lowest BCUT2D eigenvalue weighted by Crippen LogP contribution is -1.87. The third-order valence-electron chi connectivity index (χ3n) is 2.73. The molecule has 0 spiro atoms. The molecule has 1 heteroatoms. The maximum Gasteiger partial charge on any atom is 0.0406 e. The number of benzene rings is 2. The molecule has 0 fully saturated rings. The third kappa shape index (κ3) is 2.45. The number of hydrogen-bond acceptors (Lipinski definition) is 0. The van der Waals surface area contributed by atoms with E-state index in [0.29, 0.717) is 5.92 Å². The van der Waals surface area contributed by atoms with Gasteiger partial charge in [-0.25, -0.2) is 0 Å². The van der Waals surface area contributed by atoms with Gasteiger partial charge < -0.3 is 0 Å². The van der Waals surface area contributed by atoms with Crippen molar-refractivity contribution in [3.05, 3.63) is 59.1 Å². The summed E-state index contributed by atoms with van der Waals surface area (Å²) in [5, 5.41) is 0.781. The number of halogens is 1. The largest absolute Gasteiger partial charge is 0.0843 e. The van der Waals surface area contributed by atoms with Gasteiger partial charge in [0.15, 0.2) is 0 Å². The molecular weight excluding hydrogens is 216 g/mol. The molecule has 0 nitrogen and oxygen atoms in total. The summed E-state index contributed by atoms with van der Waals surface area (Å²) in [6, 6.07) is 16.6. The van der Waals surface area contributed by atoms with Gasteiger partial charge in [-0.15, -0.1) is 0 Å². The highest BCUT2D eigenvalue weighted by Gasteiger charge is 2.02. The van der Waals surface area contributed by atoms with E-state index in [1.807, 2.05) is 12.1 Å². The topological polar surface area (TPSA) is 0 Å². The first-order chi connectivity index (χ1) is 7.66. The summed E-state index contributed by atoms with van der Waals surface area (Å²) in [6.45, 7) is 4.42. The van der Waals surface area contributed by atoms with Crippen LogP contribution in [0.15, 0.2) is 48.5 Å². The average Bonchev–Trinajstić information content (AvgIpc) is 2.30. The van der Waals surface area contributed by atoms with E-state index in [0.717, 1.165) is 5.02 Å². The van der Waals surface area contributed by atoms with Gasteiger partial charge in [0.1, 0.15) is 0 Å². The molecule has 0 saturated heterocycles. The lowest BCUT2D eigenvalue weighted by Gasteiger charge is -2.08. The van der Waals surface area contributed by atoms with Crippen LogP contribution >= 0.6 is 11.6 Å². The van der Waals surface area contributed by atoms with E-state index >= 15 is 0 Å². The summed E-state index contributed by atoms with van der Waals surface area (Å²) >= 11 is 5.88. The second-order valence-corrected chi connectivity index (χ2v) is 4.72. The van der Waals surface area contributed by atoms with Crippen molar-refractivity contribution in [3.63, 3.8) is 0 Å². The lowest BCUT2D eigenvalue weighted by atomic mass is 9.97. The molecule has 0 aliphatic heterocycles. The lowest BCUT2D eigenvalue weighted by molar-refractivity contribution is 0.867. The van der Waals surface area contributed by atoms with Gasteiger partial charge in [0.2, 0.25) is 0 Å². The second-order valence-electron chi connectivity index (χ2n) is 4.29. The van der Waals surface area contributed by atoms with E-state index in [-0.39, 0.29) is 0 Å². The predicted octanol–water partition coefficient (Wildman–Crippen LogP) is 5.13. The normalized spacial score (nSPS) is 10.8. The van der Waals surface area contributed by atoms with E-state index in [9.17, 15) is 0 Å². The Morgan fingerprint density at radius 1 is 0.875 bits per heavy atom. The Morgan fingerprint density at radius 2 is 1.56 bits per heavy atom. The van der Waals surface area contributed by atoms with Crippen LogP contribution in [0.4, 0.5) is 0 Å². The third-order valence-corrected chi connectivity index (χ3v) is 2.98. The first-order valence-electron chi connectivity index (χ1n) is 5.53. The summed E-state index contributed by atoms with van der Waals surface area (Å²) in [5.74, 6) is 0.562. The molecule has 0 heterocycles. The molecule has 0 aliphatic carbocycles. The van der Waals surface area contributed by atoms with E-state index in [1.165, 1.54) is 16.7 Å². The van der Waals surface area contributed by atoms with Crippen molar-refractivity contribution in [2.75, 3.05) is 0 Å². The zero-order chi connectivity index (χ0) is 11.5. The van der Waals surface area contributed by atoms with Crippen molar-refractivity contribution in [2.24, 2.45) is 0 Å². The molecule has 0 N–H and O–H groups in total. The molecule has 2 rings (SSSR count).